The SMILES string of the molecule is CCN1CC2=C(c3ccccc3)C2C1. The highest BCUT2D eigenvalue weighted by molar-refractivity contribution is 5.87. The van der Waals surface area contributed by atoms with Crippen LogP contribution in [0.3, 0.4) is 0 Å². The molecular formula is C13H15N. The Hall–Kier alpha value is -1.08. The van der Waals surface area contributed by atoms with Gasteiger partial charge in [-0.2, -0.15) is 0 Å². The van der Waals surface area contributed by atoms with Crippen molar-refractivity contribution in [3.63, 3.8) is 0 Å². The molecule has 1 heterocycles. The van der Waals surface area contributed by atoms with Crippen molar-refractivity contribution in [2.24, 2.45) is 5.92 Å². The van der Waals surface area contributed by atoms with Gasteiger partial charge >= 0.3 is 0 Å². The van der Waals surface area contributed by atoms with Gasteiger partial charge in [0.2, 0.25) is 0 Å². The van der Waals surface area contributed by atoms with Gasteiger partial charge in [-0.3, -0.25) is 4.90 Å². The van der Waals surface area contributed by atoms with Gasteiger partial charge < -0.3 is 0 Å². The maximum Gasteiger partial charge on any atom is 0.0206 e. The predicted octanol–water partition coefficient (Wildman–Crippen LogP) is 2.41. The van der Waals surface area contributed by atoms with E-state index in [9.17, 15) is 0 Å². The zero-order valence-electron chi connectivity index (χ0n) is 8.53. The molecule has 1 fully saturated rings. The molecule has 1 aromatic rings. The number of hydrogen-bond acceptors (Lipinski definition) is 1. The van der Waals surface area contributed by atoms with Crippen LogP contribution in [0, 0.1) is 5.92 Å². The molecule has 3 rings (SSSR count). The second-order valence-corrected chi connectivity index (χ2v) is 4.19. The zero-order valence-corrected chi connectivity index (χ0v) is 8.53. The van der Waals surface area contributed by atoms with Crippen LogP contribution in [0.25, 0.3) is 5.57 Å². The van der Waals surface area contributed by atoms with Gasteiger partial charge in [0.05, 0.1) is 0 Å². The molecule has 0 N–H and O–H groups in total. The molecule has 0 radical (unpaired) electrons. The Bertz CT molecular complexity index is 377. The van der Waals surface area contributed by atoms with Crippen molar-refractivity contribution < 1.29 is 0 Å². The Balaban J connectivity index is 1.83. The lowest BCUT2D eigenvalue weighted by Gasteiger charge is -2.13. The molecule has 0 spiro atoms. The number of benzene rings is 1. The van der Waals surface area contributed by atoms with Crippen LogP contribution in [0.4, 0.5) is 0 Å². The normalized spacial score (nSPS) is 25.4. The van der Waals surface area contributed by atoms with Crippen molar-refractivity contribution >= 4 is 5.57 Å². The van der Waals surface area contributed by atoms with E-state index >= 15 is 0 Å². The number of likely N-dealkylation sites (N-methyl/N-ethyl adjacent to an activating group) is 1. The van der Waals surface area contributed by atoms with Crippen LogP contribution in [0.2, 0.25) is 0 Å². The maximum atomic E-state index is 2.52. The highest BCUT2D eigenvalue weighted by Gasteiger charge is 2.43. The number of fused-ring (bicyclic) bond motifs is 1. The topological polar surface area (TPSA) is 3.24 Å². The molecule has 1 aliphatic heterocycles. The highest BCUT2D eigenvalue weighted by atomic mass is 15.2. The van der Waals surface area contributed by atoms with Crippen molar-refractivity contribution in [3.8, 4) is 0 Å². The molecule has 14 heavy (non-hydrogen) atoms. The van der Waals surface area contributed by atoms with E-state index in [1.807, 2.05) is 0 Å². The monoisotopic (exact) mass is 185 g/mol. The lowest BCUT2D eigenvalue weighted by Crippen LogP contribution is -2.21. The van der Waals surface area contributed by atoms with E-state index in [-0.39, 0.29) is 0 Å². The number of rotatable bonds is 2. The van der Waals surface area contributed by atoms with E-state index < -0.39 is 0 Å². The zero-order chi connectivity index (χ0) is 9.54. The number of likely N-dealkylation sites (tertiary alicyclic amines) is 1. The third kappa shape index (κ3) is 1.12. The van der Waals surface area contributed by atoms with Crippen LogP contribution in [-0.4, -0.2) is 24.5 Å². The summed E-state index contributed by atoms with van der Waals surface area (Å²) in [5.41, 5.74) is 4.77. The van der Waals surface area contributed by atoms with Crippen LogP contribution in [0.5, 0.6) is 0 Å². The van der Waals surface area contributed by atoms with E-state index in [0.29, 0.717) is 0 Å². The summed E-state index contributed by atoms with van der Waals surface area (Å²) >= 11 is 0. The molecule has 2 aliphatic rings. The van der Waals surface area contributed by atoms with Crippen molar-refractivity contribution in [1.82, 2.24) is 4.90 Å². The average molecular weight is 185 g/mol. The molecular weight excluding hydrogens is 170 g/mol. The minimum absolute atomic E-state index is 0.803. The van der Waals surface area contributed by atoms with Crippen molar-refractivity contribution in [2.75, 3.05) is 19.6 Å². The van der Waals surface area contributed by atoms with Crippen LogP contribution in [0.15, 0.2) is 35.9 Å². The summed E-state index contributed by atoms with van der Waals surface area (Å²) in [6, 6.07) is 10.8. The number of nitrogens with zero attached hydrogens (tertiary/aromatic N) is 1. The standard InChI is InChI=1S/C13H15N/c1-2-14-8-11-12(9-14)13(11)10-6-4-3-5-7-10/h3-7,11H,2,8-9H2,1H3. The third-order valence-electron chi connectivity index (χ3n) is 3.40. The molecule has 1 aromatic carbocycles. The molecule has 0 saturated carbocycles. The van der Waals surface area contributed by atoms with Gasteiger partial charge in [0.15, 0.2) is 0 Å². The summed E-state index contributed by atoms with van der Waals surface area (Å²) in [5, 5.41) is 0. The average Bonchev–Trinajstić information content (AvgIpc) is 2.75. The third-order valence-corrected chi connectivity index (χ3v) is 3.40. The van der Waals surface area contributed by atoms with Gasteiger partial charge in [-0.05, 0) is 23.3 Å². The molecule has 0 aromatic heterocycles. The summed E-state index contributed by atoms with van der Waals surface area (Å²) in [4.78, 5) is 2.52. The van der Waals surface area contributed by atoms with Gasteiger partial charge in [0.1, 0.15) is 0 Å². The summed E-state index contributed by atoms with van der Waals surface area (Å²) in [6.07, 6.45) is 0. The van der Waals surface area contributed by atoms with Gasteiger partial charge in [-0.25, -0.2) is 0 Å². The fraction of sp³-hybridized carbons (Fsp3) is 0.385. The lowest BCUT2D eigenvalue weighted by molar-refractivity contribution is 0.352. The Morgan fingerprint density at radius 3 is 2.64 bits per heavy atom. The molecule has 1 aliphatic carbocycles. The predicted molar refractivity (Wildman–Crippen MR) is 59.0 cm³/mol. The molecule has 1 saturated heterocycles. The summed E-state index contributed by atoms with van der Waals surface area (Å²) < 4.78 is 0. The Morgan fingerprint density at radius 2 is 2.07 bits per heavy atom. The van der Waals surface area contributed by atoms with Crippen molar-refractivity contribution in [2.45, 2.75) is 6.92 Å². The van der Waals surface area contributed by atoms with Crippen molar-refractivity contribution in [1.29, 1.82) is 0 Å². The van der Waals surface area contributed by atoms with Crippen molar-refractivity contribution in [3.05, 3.63) is 41.5 Å². The van der Waals surface area contributed by atoms with E-state index in [4.69, 9.17) is 0 Å². The second kappa shape index (κ2) is 2.96. The van der Waals surface area contributed by atoms with Crippen LogP contribution < -0.4 is 0 Å². The highest BCUT2D eigenvalue weighted by Crippen LogP contribution is 2.51. The number of hydrogen-bond donors (Lipinski definition) is 0. The van der Waals surface area contributed by atoms with Gasteiger partial charge in [-0.15, -0.1) is 0 Å². The Kier molecular flexibility index (Phi) is 1.74. The molecule has 1 unspecified atom stereocenters. The fourth-order valence-corrected chi connectivity index (χ4v) is 2.53. The van der Waals surface area contributed by atoms with Crippen LogP contribution in [0.1, 0.15) is 12.5 Å². The summed E-state index contributed by atoms with van der Waals surface area (Å²) in [6.45, 7) is 5.91. The molecule has 1 atom stereocenters. The quantitative estimate of drug-likeness (QED) is 0.684. The molecule has 72 valence electrons. The van der Waals surface area contributed by atoms with E-state index in [1.54, 1.807) is 11.1 Å². The smallest absolute Gasteiger partial charge is 0.0206 e. The fourth-order valence-electron chi connectivity index (χ4n) is 2.53. The summed E-state index contributed by atoms with van der Waals surface area (Å²) in [5.74, 6) is 0.803. The lowest BCUT2D eigenvalue weighted by atomic mass is 10.1. The molecule has 1 heteroatoms. The van der Waals surface area contributed by atoms with E-state index in [2.05, 4.69) is 42.2 Å². The minimum atomic E-state index is 0.803. The Labute approximate surface area is 85.0 Å². The minimum Gasteiger partial charge on any atom is -0.299 e. The molecule has 0 bridgehead atoms. The first kappa shape index (κ1) is 8.25. The van der Waals surface area contributed by atoms with Gasteiger partial charge in [-0.1, -0.05) is 37.3 Å². The largest absolute Gasteiger partial charge is 0.299 e. The van der Waals surface area contributed by atoms with Crippen LogP contribution in [-0.2, 0) is 0 Å². The van der Waals surface area contributed by atoms with Gasteiger partial charge in [0, 0.05) is 19.0 Å². The summed E-state index contributed by atoms with van der Waals surface area (Å²) in [7, 11) is 0. The molecule has 1 nitrogen and oxygen atoms in total. The first-order valence-corrected chi connectivity index (χ1v) is 5.41. The van der Waals surface area contributed by atoms with E-state index in [1.165, 1.54) is 25.2 Å². The molecule has 0 amide bonds. The maximum absolute atomic E-state index is 2.52. The second-order valence-electron chi connectivity index (χ2n) is 4.19. The first-order valence-electron chi connectivity index (χ1n) is 5.41. The Morgan fingerprint density at radius 1 is 1.29 bits per heavy atom. The van der Waals surface area contributed by atoms with E-state index in [0.717, 1.165) is 5.92 Å². The van der Waals surface area contributed by atoms with Crippen LogP contribution >= 0.6 is 0 Å². The van der Waals surface area contributed by atoms with Gasteiger partial charge in [0.25, 0.3) is 0 Å². The first-order chi connectivity index (χ1) is 6.90.